The summed E-state index contributed by atoms with van der Waals surface area (Å²) in [6.45, 7) is 4.74. The first kappa shape index (κ1) is 9.47. The molecule has 0 aromatic rings. The zero-order valence-corrected chi connectivity index (χ0v) is 8.73. The zero-order valence-electron chi connectivity index (χ0n) is 8.73. The van der Waals surface area contributed by atoms with Gasteiger partial charge in [-0.15, -0.1) is 0 Å². The Morgan fingerprint density at radius 1 is 1.23 bits per heavy atom. The van der Waals surface area contributed by atoms with Gasteiger partial charge in [0.2, 0.25) is 0 Å². The van der Waals surface area contributed by atoms with E-state index in [4.69, 9.17) is 0 Å². The highest BCUT2D eigenvalue weighted by Gasteiger charge is 2.30. The molecule has 0 atom stereocenters. The first-order valence-corrected chi connectivity index (χ1v) is 5.77. The number of rotatable bonds is 6. The van der Waals surface area contributed by atoms with E-state index in [1.54, 1.807) is 0 Å². The average molecular weight is 182 g/mol. The highest BCUT2D eigenvalue weighted by molar-refractivity contribution is 4.91. The highest BCUT2D eigenvalue weighted by atomic mass is 15.0. The van der Waals surface area contributed by atoms with E-state index in [0.29, 0.717) is 5.54 Å². The van der Waals surface area contributed by atoms with Gasteiger partial charge in [-0.25, -0.2) is 0 Å². The smallest absolute Gasteiger partial charge is 0.0153 e. The molecule has 2 nitrogen and oxygen atoms in total. The van der Waals surface area contributed by atoms with Crippen LogP contribution in [0.15, 0.2) is 0 Å². The minimum absolute atomic E-state index is 0.500. The molecule has 76 valence electrons. The summed E-state index contributed by atoms with van der Waals surface area (Å²) in [7, 11) is 0. The van der Waals surface area contributed by atoms with Crippen molar-refractivity contribution in [3.63, 3.8) is 0 Å². The summed E-state index contributed by atoms with van der Waals surface area (Å²) in [5, 5.41) is 7.19. The van der Waals surface area contributed by atoms with Gasteiger partial charge in [0.05, 0.1) is 0 Å². The summed E-state index contributed by atoms with van der Waals surface area (Å²) < 4.78 is 0. The van der Waals surface area contributed by atoms with Gasteiger partial charge in [0.25, 0.3) is 0 Å². The van der Waals surface area contributed by atoms with Crippen LogP contribution in [0.4, 0.5) is 0 Å². The molecule has 2 aliphatic rings. The average Bonchev–Trinajstić information content (AvgIpc) is 2.84. The van der Waals surface area contributed by atoms with E-state index < -0.39 is 0 Å². The Morgan fingerprint density at radius 3 is 2.54 bits per heavy atom. The summed E-state index contributed by atoms with van der Waals surface area (Å²) >= 11 is 0. The van der Waals surface area contributed by atoms with Crippen molar-refractivity contribution in [3.8, 4) is 0 Å². The van der Waals surface area contributed by atoms with Crippen molar-refractivity contribution < 1.29 is 0 Å². The van der Waals surface area contributed by atoms with E-state index in [9.17, 15) is 0 Å². The van der Waals surface area contributed by atoms with Crippen LogP contribution in [0.3, 0.4) is 0 Å². The van der Waals surface area contributed by atoms with E-state index >= 15 is 0 Å². The molecule has 0 aliphatic heterocycles. The maximum atomic E-state index is 3.65. The molecule has 0 unspecified atom stereocenters. The van der Waals surface area contributed by atoms with Gasteiger partial charge in [0.15, 0.2) is 0 Å². The SMILES string of the molecule is CC1(NCCCNC2CC2)CCC1. The van der Waals surface area contributed by atoms with Crippen molar-refractivity contribution in [2.24, 2.45) is 0 Å². The Balaban J connectivity index is 1.43. The van der Waals surface area contributed by atoms with Crippen molar-refractivity contribution in [1.82, 2.24) is 10.6 Å². The molecule has 0 heterocycles. The lowest BCUT2D eigenvalue weighted by Crippen LogP contribution is -2.48. The van der Waals surface area contributed by atoms with Gasteiger partial charge >= 0.3 is 0 Å². The van der Waals surface area contributed by atoms with Gasteiger partial charge in [-0.05, 0) is 58.5 Å². The standard InChI is InChI=1S/C11H22N2/c1-11(6-2-7-11)13-9-3-8-12-10-4-5-10/h10,12-13H,2-9H2,1H3. The Kier molecular flexibility index (Phi) is 2.89. The number of hydrogen-bond acceptors (Lipinski definition) is 2. The molecule has 0 amide bonds. The fourth-order valence-electron chi connectivity index (χ4n) is 1.96. The van der Waals surface area contributed by atoms with Crippen LogP contribution >= 0.6 is 0 Å². The molecular formula is C11H22N2. The van der Waals surface area contributed by atoms with E-state index in [1.165, 1.54) is 51.6 Å². The van der Waals surface area contributed by atoms with Gasteiger partial charge in [0.1, 0.15) is 0 Å². The molecule has 2 N–H and O–H groups in total. The Morgan fingerprint density at radius 2 is 2.00 bits per heavy atom. The van der Waals surface area contributed by atoms with Gasteiger partial charge < -0.3 is 10.6 Å². The first-order chi connectivity index (χ1) is 6.29. The van der Waals surface area contributed by atoms with Gasteiger partial charge in [-0.2, -0.15) is 0 Å². The molecule has 2 heteroatoms. The lowest BCUT2D eigenvalue weighted by Gasteiger charge is -2.39. The quantitative estimate of drug-likeness (QED) is 0.610. The van der Waals surface area contributed by atoms with Gasteiger partial charge in [-0.1, -0.05) is 0 Å². The molecule has 0 radical (unpaired) electrons. The van der Waals surface area contributed by atoms with Crippen LogP contribution in [-0.4, -0.2) is 24.7 Å². The molecule has 0 saturated heterocycles. The summed E-state index contributed by atoms with van der Waals surface area (Å²) in [6, 6.07) is 0.874. The van der Waals surface area contributed by atoms with Crippen LogP contribution in [0, 0.1) is 0 Å². The maximum absolute atomic E-state index is 3.65. The van der Waals surface area contributed by atoms with E-state index in [0.717, 1.165) is 6.04 Å². The Hall–Kier alpha value is -0.0800. The minimum Gasteiger partial charge on any atom is -0.314 e. The predicted molar refractivity (Wildman–Crippen MR) is 55.9 cm³/mol. The summed E-state index contributed by atoms with van der Waals surface area (Å²) in [4.78, 5) is 0. The second-order valence-electron chi connectivity index (χ2n) is 4.92. The van der Waals surface area contributed by atoms with Crippen molar-refractivity contribution in [3.05, 3.63) is 0 Å². The van der Waals surface area contributed by atoms with E-state index in [1.807, 2.05) is 0 Å². The lowest BCUT2D eigenvalue weighted by molar-refractivity contribution is 0.208. The lowest BCUT2D eigenvalue weighted by atomic mass is 9.78. The van der Waals surface area contributed by atoms with Gasteiger partial charge in [0, 0.05) is 11.6 Å². The summed E-state index contributed by atoms with van der Waals surface area (Å²) in [5.74, 6) is 0. The largest absolute Gasteiger partial charge is 0.314 e. The topological polar surface area (TPSA) is 24.1 Å². The molecule has 0 bridgehead atoms. The molecular weight excluding hydrogens is 160 g/mol. The summed E-state index contributed by atoms with van der Waals surface area (Å²) in [6.07, 6.45) is 8.28. The zero-order chi connectivity index (χ0) is 9.15. The Labute approximate surface area is 81.5 Å². The predicted octanol–water partition coefficient (Wildman–Crippen LogP) is 1.66. The van der Waals surface area contributed by atoms with Crippen LogP contribution in [-0.2, 0) is 0 Å². The second-order valence-corrected chi connectivity index (χ2v) is 4.92. The van der Waals surface area contributed by atoms with Gasteiger partial charge in [-0.3, -0.25) is 0 Å². The fraction of sp³-hybridized carbons (Fsp3) is 1.00. The third-order valence-corrected chi connectivity index (χ3v) is 3.37. The van der Waals surface area contributed by atoms with E-state index in [-0.39, 0.29) is 0 Å². The molecule has 0 aromatic carbocycles. The van der Waals surface area contributed by atoms with Crippen molar-refractivity contribution in [2.45, 2.75) is 57.0 Å². The minimum atomic E-state index is 0.500. The highest BCUT2D eigenvalue weighted by Crippen LogP contribution is 2.30. The van der Waals surface area contributed by atoms with Crippen LogP contribution in [0.25, 0.3) is 0 Å². The Bertz CT molecular complexity index is 159. The molecule has 0 spiro atoms. The number of nitrogens with one attached hydrogen (secondary N) is 2. The third-order valence-electron chi connectivity index (χ3n) is 3.37. The maximum Gasteiger partial charge on any atom is 0.0153 e. The monoisotopic (exact) mass is 182 g/mol. The van der Waals surface area contributed by atoms with Crippen molar-refractivity contribution in [2.75, 3.05) is 13.1 Å². The summed E-state index contributed by atoms with van der Waals surface area (Å²) in [5.41, 5.74) is 0.500. The second kappa shape index (κ2) is 3.97. The van der Waals surface area contributed by atoms with Crippen LogP contribution in [0.5, 0.6) is 0 Å². The first-order valence-electron chi connectivity index (χ1n) is 5.77. The van der Waals surface area contributed by atoms with Crippen molar-refractivity contribution in [1.29, 1.82) is 0 Å². The molecule has 2 rings (SSSR count). The number of hydrogen-bond donors (Lipinski definition) is 2. The van der Waals surface area contributed by atoms with Crippen LogP contribution in [0.2, 0.25) is 0 Å². The van der Waals surface area contributed by atoms with Crippen LogP contribution < -0.4 is 10.6 Å². The molecule has 13 heavy (non-hydrogen) atoms. The fourth-order valence-corrected chi connectivity index (χ4v) is 1.96. The van der Waals surface area contributed by atoms with Crippen molar-refractivity contribution >= 4 is 0 Å². The molecule has 2 aliphatic carbocycles. The molecule has 2 saturated carbocycles. The normalized spacial score (nSPS) is 25.6. The molecule has 2 fully saturated rings. The van der Waals surface area contributed by atoms with Crippen LogP contribution in [0.1, 0.15) is 45.4 Å². The molecule has 0 aromatic heterocycles. The third kappa shape index (κ3) is 2.96. The van der Waals surface area contributed by atoms with E-state index in [2.05, 4.69) is 17.6 Å².